The van der Waals surface area contributed by atoms with E-state index in [9.17, 15) is 4.79 Å². The van der Waals surface area contributed by atoms with Gasteiger partial charge in [-0.25, -0.2) is 0 Å². The molecule has 0 aliphatic carbocycles. The molecule has 0 saturated heterocycles. The van der Waals surface area contributed by atoms with Crippen molar-refractivity contribution in [3.8, 4) is 5.75 Å². The standard InChI is InChI=1S/C20H21NO3/c1-14(12-18-13-16-8-6-7-11-19(16)24-18)21-20(22)15(2)23-17-9-4-3-5-10-17/h3-11,13-15H,12H2,1-2H3,(H,21,22)/t14-,15+/m1/s1. The maximum Gasteiger partial charge on any atom is 0.260 e. The normalized spacial score (nSPS) is 13.4. The van der Waals surface area contributed by atoms with Crippen molar-refractivity contribution in [3.05, 3.63) is 66.4 Å². The number of furan rings is 1. The molecule has 2 aromatic carbocycles. The molecular weight excluding hydrogens is 302 g/mol. The van der Waals surface area contributed by atoms with E-state index in [1.807, 2.05) is 67.6 Å². The summed E-state index contributed by atoms with van der Waals surface area (Å²) < 4.78 is 11.4. The first-order chi connectivity index (χ1) is 11.6. The summed E-state index contributed by atoms with van der Waals surface area (Å²) >= 11 is 0. The fourth-order valence-electron chi connectivity index (χ4n) is 2.61. The zero-order chi connectivity index (χ0) is 16.9. The molecule has 0 aliphatic heterocycles. The number of benzene rings is 2. The number of ether oxygens (including phenoxy) is 1. The van der Waals surface area contributed by atoms with Crippen LogP contribution < -0.4 is 10.1 Å². The second-order valence-corrected chi connectivity index (χ2v) is 5.94. The first-order valence-electron chi connectivity index (χ1n) is 8.11. The molecule has 3 aromatic rings. The Bertz CT molecular complexity index is 777. The molecule has 0 saturated carbocycles. The number of hydrogen-bond donors (Lipinski definition) is 1. The van der Waals surface area contributed by atoms with Gasteiger partial charge in [-0.1, -0.05) is 36.4 Å². The molecular formula is C20H21NO3. The lowest BCUT2D eigenvalue weighted by molar-refractivity contribution is -0.127. The van der Waals surface area contributed by atoms with Crippen LogP contribution in [0.5, 0.6) is 5.75 Å². The van der Waals surface area contributed by atoms with Crippen LogP contribution >= 0.6 is 0 Å². The van der Waals surface area contributed by atoms with E-state index in [1.54, 1.807) is 6.92 Å². The molecule has 1 amide bonds. The summed E-state index contributed by atoms with van der Waals surface area (Å²) in [5.41, 5.74) is 0.867. The van der Waals surface area contributed by atoms with Crippen LogP contribution in [0.15, 0.2) is 65.1 Å². The molecule has 0 bridgehead atoms. The van der Waals surface area contributed by atoms with Gasteiger partial charge in [-0.2, -0.15) is 0 Å². The van der Waals surface area contributed by atoms with Crippen LogP contribution in [0.3, 0.4) is 0 Å². The maximum absolute atomic E-state index is 12.3. The second kappa shape index (κ2) is 7.21. The highest BCUT2D eigenvalue weighted by atomic mass is 16.5. The summed E-state index contributed by atoms with van der Waals surface area (Å²) in [4.78, 5) is 12.3. The third-order valence-electron chi connectivity index (χ3n) is 3.80. The van der Waals surface area contributed by atoms with E-state index in [2.05, 4.69) is 5.32 Å². The van der Waals surface area contributed by atoms with Gasteiger partial charge in [0.05, 0.1) is 0 Å². The summed E-state index contributed by atoms with van der Waals surface area (Å²) in [6.45, 7) is 3.70. The fraction of sp³-hybridized carbons (Fsp3) is 0.250. The molecule has 4 nitrogen and oxygen atoms in total. The number of carbonyl (C=O) groups is 1. The van der Waals surface area contributed by atoms with Crippen molar-refractivity contribution in [2.45, 2.75) is 32.4 Å². The van der Waals surface area contributed by atoms with Gasteiger partial charge in [-0.15, -0.1) is 0 Å². The van der Waals surface area contributed by atoms with Crippen molar-refractivity contribution < 1.29 is 13.9 Å². The predicted molar refractivity (Wildman–Crippen MR) is 94.1 cm³/mol. The van der Waals surface area contributed by atoms with Crippen molar-refractivity contribution in [2.24, 2.45) is 0 Å². The van der Waals surface area contributed by atoms with Gasteiger partial charge in [-0.05, 0) is 38.1 Å². The first-order valence-corrected chi connectivity index (χ1v) is 8.11. The zero-order valence-electron chi connectivity index (χ0n) is 13.9. The molecule has 0 radical (unpaired) electrons. The Balaban J connectivity index is 1.55. The quantitative estimate of drug-likeness (QED) is 0.747. The van der Waals surface area contributed by atoms with Crippen molar-refractivity contribution in [2.75, 3.05) is 0 Å². The minimum atomic E-state index is -0.550. The highest BCUT2D eigenvalue weighted by molar-refractivity contribution is 5.81. The minimum Gasteiger partial charge on any atom is -0.481 e. The van der Waals surface area contributed by atoms with E-state index in [-0.39, 0.29) is 11.9 Å². The van der Waals surface area contributed by atoms with Gasteiger partial charge in [-0.3, -0.25) is 4.79 Å². The van der Waals surface area contributed by atoms with Crippen LogP contribution in [-0.4, -0.2) is 18.1 Å². The van der Waals surface area contributed by atoms with Crippen LogP contribution in [0.1, 0.15) is 19.6 Å². The lowest BCUT2D eigenvalue weighted by atomic mass is 10.1. The average Bonchev–Trinajstić information content (AvgIpc) is 2.97. The third kappa shape index (κ3) is 3.96. The van der Waals surface area contributed by atoms with Crippen LogP contribution in [0.25, 0.3) is 11.0 Å². The molecule has 1 heterocycles. The molecule has 0 aliphatic rings. The Morgan fingerprint density at radius 2 is 1.79 bits per heavy atom. The Morgan fingerprint density at radius 1 is 1.08 bits per heavy atom. The Kier molecular flexibility index (Phi) is 4.85. The molecule has 0 fully saturated rings. The Labute approximate surface area is 141 Å². The van der Waals surface area contributed by atoms with Gasteiger partial charge in [0.1, 0.15) is 17.1 Å². The van der Waals surface area contributed by atoms with Crippen molar-refractivity contribution in [3.63, 3.8) is 0 Å². The van der Waals surface area contributed by atoms with Gasteiger partial charge in [0.15, 0.2) is 6.10 Å². The zero-order valence-corrected chi connectivity index (χ0v) is 13.9. The molecule has 3 rings (SSSR count). The molecule has 124 valence electrons. The first kappa shape index (κ1) is 16.1. The highest BCUT2D eigenvalue weighted by Crippen LogP contribution is 2.19. The van der Waals surface area contributed by atoms with Crippen LogP contribution in [0.2, 0.25) is 0 Å². The monoisotopic (exact) mass is 323 g/mol. The largest absolute Gasteiger partial charge is 0.481 e. The molecule has 0 unspecified atom stereocenters. The van der Waals surface area contributed by atoms with E-state index < -0.39 is 6.10 Å². The summed E-state index contributed by atoms with van der Waals surface area (Å²) in [6, 6.07) is 19.2. The number of hydrogen-bond acceptors (Lipinski definition) is 3. The lowest BCUT2D eigenvalue weighted by Crippen LogP contribution is -2.42. The minimum absolute atomic E-state index is 0.0418. The summed E-state index contributed by atoms with van der Waals surface area (Å²) in [6.07, 6.45) is 0.0869. The smallest absolute Gasteiger partial charge is 0.260 e. The van der Waals surface area contributed by atoms with Gasteiger partial charge >= 0.3 is 0 Å². The Hall–Kier alpha value is -2.75. The lowest BCUT2D eigenvalue weighted by Gasteiger charge is -2.18. The fourth-order valence-corrected chi connectivity index (χ4v) is 2.61. The summed E-state index contributed by atoms with van der Waals surface area (Å²) in [7, 11) is 0. The number of rotatable bonds is 6. The maximum atomic E-state index is 12.3. The van der Waals surface area contributed by atoms with Gasteiger partial charge < -0.3 is 14.5 Å². The highest BCUT2D eigenvalue weighted by Gasteiger charge is 2.18. The number of nitrogens with one attached hydrogen (secondary N) is 1. The van der Waals surface area contributed by atoms with Gasteiger partial charge in [0.25, 0.3) is 5.91 Å². The average molecular weight is 323 g/mol. The van der Waals surface area contributed by atoms with Gasteiger partial charge in [0.2, 0.25) is 0 Å². The van der Waals surface area contributed by atoms with Crippen LogP contribution in [0, 0.1) is 0 Å². The van der Waals surface area contributed by atoms with Crippen molar-refractivity contribution in [1.82, 2.24) is 5.32 Å². The molecule has 24 heavy (non-hydrogen) atoms. The van der Waals surface area contributed by atoms with E-state index in [4.69, 9.17) is 9.15 Å². The molecule has 0 spiro atoms. The summed E-state index contributed by atoms with van der Waals surface area (Å²) in [5.74, 6) is 1.41. The van der Waals surface area contributed by atoms with E-state index in [0.29, 0.717) is 12.2 Å². The SMILES string of the molecule is C[C@H](Cc1cc2ccccc2o1)NC(=O)[C@H](C)Oc1ccccc1. The predicted octanol–water partition coefficient (Wildman–Crippen LogP) is 3.95. The Morgan fingerprint density at radius 3 is 2.54 bits per heavy atom. The van der Waals surface area contributed by atoms with Crippen molar-refractivity contribution >= 4 is 16.9 Å². The number of amides is 1. The molecule has 2 atom stereocenters. The van der Waals surface area contributed by atoms with Gasteiger partial charge in [0, 0.05) is 17.8 Å². The topological polar surface area (TPSA) is 51.5 Å². The van der Waals surface area contributed by atoms with Crippen LogP contribution in [-0.2, 0) is 11.2 Å². The molecule has 4 heteroatoms. The van der Waals surface area contributed by atoms with E-state index in [1.165, 1.54) is 0 Å². The molecule has 1 N–H and O–H groups in total. The summed E-state index contributed by atoms with van der Waals surface area (Å²) in [5, 5.41) is 4.04. The second-order valence-electron chi connectivity index (χ2n) is 5.94. The number of carbonyl (C=O) groups excluding carboxylic acids is 1. The number of para-hydroxylation sites is 2. The van der Waals surface area contributed by atoms with Crippen molar-refractivity contribution in [1.29, 1.82) is 0 Å². The van der Waals surface area contributed by atoms with E-state index in [0.717, 1.165) is 16.7 Å². The molecule has 1 aromatic heterocycles. The third-order valence-corrected chi connectivity index (χ3v) is 3.80. The van der Waals surface area contributed by atoms with Crippen LogP contribution in [0.4, 0.5) is 0 Å². The van der Waals surface area contributed by atoms with E-state index >= 15 is 0 Å². The number of fused-ring (bicyclic) bond motifs is 1.